The molecule has 0 spiro atoms. The van der Waals surface area contributed by atoms with Gasteiger partial charge >= 0.3 is 0 Å². The molecular formula is C28H30N2O2. The van der Waals surface area contributed by atoms with Crippen LogP contribution in [0, 0.1) is 0 Å². The number of nitrogens with zero attached hydrogens (tertiary/aromatic N) is 1. The molecule has 2 N–H and O–H groups in total. The van der Waals surface area contributed by atoms with Crippen molar-refractivity contribution in [3.05, 3.63) is 95.1 Å². The summed E-state index contributed by atoms with van der Waals surface area (Å²) < 4.78 is 0. The molecule has 3 aromatic rings. The Morgan fingerprint density at radius 2 is 1.75 bits per heavy atom. The summed E-state index contributed by atoms with van der Waals surface area (Å²) in [7, 11) is 1.76. The summed E-state index contributed by atoms with van der Waals surface area (Å²) in [5.41, 5.74) is 12.1. The average Bonchev–Trinajstić information content (AvgIpc) is 2.84. The summed E-state index contributed by atoms with van der Waals surface area (Å²) in [6.07, 6.45) is 3.91. The lowest BCUT2D eigenvalue weighted by Gasteiger charge is -2.25. The van der Waals surface area contributed by atoms with Crippen molar-refractivity contribution in [2.75, 3.05) is 13.6 Å². The Labute approximate surface area is 190 Å². The van der Waals surface area contributed by atoms with Gasteiger partial charge in [0.05, 0.1) is 6.54 Å². The third-order valence-electron chi connectivity index (χ3n) is 6.41. The van der Waals surface area contributed by atoms with E-state index in [9.17, 15) is 9.59 Å². The maximum atomic E-state index is 13.0. The molecule has 0 saturated carbocycles. The third-order valence-corrected chi connectivity index (χ3v) is 6.41. The molecule has 32 heavy (non-hydrogen) atoms. The first-order valence-electron chi connectivity index (χ1n) is 11.3. The minimum Gasteiger partial charge on any atom is -0.340 e. The highest BCUT2D eigenvalue weighted by atomic mass is 16.2. The minimum atomic E-state index is -0.0844. The van der Waals surface area contributed by atoms with Crippen LogP contribution in [0.1, 0.15) is 52.2 Å². The largest absolute Gasteiger partial charge is 0.340 e. The molecule has 0 fully saturated rings. The first kappa shape index (κ1) is 22.0. The van der Waals surface area contributed by atoms with E-state index in [4.69, 9.17) is 5.73 Å². The minimum absolute atomic E-state index is 0.0120. The van der Waals surface area contributed by atoms with Crippen molar-refractivity contribution < 1.29 is 9.59 Å². The number of carbonyl (C=O) groups excluding carboxylic acids is 2. The van der Waals surface area contributed by atoms with Gasteiger partial charge in [-0.15, -0.1) is 0 Å². The summed E-state index contributed by atoms with van der Waals surface area (Å²) in [4.78, 5) is 26.4. The van der Waals surface area contributed by atoms with Gasteiger partial charge < -0.3 is 10.6 Å². The van der Waals surface area contributed by atoms with Crippen molar-refractivity contribution in [2.45, 2.75) is 38.1 Å². The Morgan fingerprint density at radius 1 is 0.969 bits per heavy atom. The van der Waals surface area contributed by atoms with Crippen LogP contribution in [-0.4, -0.2) is 30.2 Å². The summed E-state index contributed by atoms with van der Waals surface area (Å²) in [6.45, 7) is 0.529. The Bertz CT molecular complexity index is 1100. The Kier molecular flexibility index (Phi) is 6.81. The zero-order chi connectivity index (χ0) is 22.5. The van der Waals surface area contributed by atoms with Crippen LogP contribution in [0.2, 0.25) is 0 Å². The zero-order valence-electron chi connectivity index (χ0n) is 18.6. The highest BCUT2D eigenvalue weighted by molar-refractivity contribution is 5.97. The number of nitrogens with two attached hydrogens (primary N) is 1. The molecular weight excluding hydrogens is 396 g/mol. The number of hydrogen-bond acceptors (Lipinski definition) is 3. The third kappa shape index (κ3) is 4.97. The van der Waals surface area contributed by atoms with Crippen molar-refractivity contribution in [1.82, 2.24) is 4.90 Å². The van der Waals surface area contributed by atoms with Crippen molar-refractivity contribution in [3.8, 4) is 11.1 Å². The molecule has 0 saturated heterocycles. The van der Waals surface area contributed by atoms with E-state index in [1.165, 1.54) is 11.1 Å². The predicted octanol–water partition coefficient (Wildman–Crippen LogP) is 4.96. The first-order valence-corrected chi connectivity index (χ1v) is 11.3. The lowest BCUT2D eigenvalue weighted by Crippen LogP contribution is -2.32. The molecule has 1 aliphatic rings. The van der Waals surface area contributed by atoms with Crippen LogP contribution in [0.4, 0.5) is 0 Å². The number of aryl methyl sites for hydroxylation is 1. The highest BCUT2D eigenvalue weighted by Crippen LogP contribution is 2.34. The van der Waals surface area contributed by atoms with Crippen molar-refractivity contribution in [2.24, 2.45) is 5.73 Å². The van der Waals surface area contributed by atoms with Gasteiger partial charge in [-0.25, -0.2) is 0 Å². The lowest BCUT2D eigenvalue weighted by molar-refractivity contribution is -0.128. The summed E-state index contributed by atoms with van der Waals surface area (Å²) in [5.74, 6) is 0.435. The quantitative estimate of drug-likeness (QED) is 0.543. The molecule has 1 atom stereocenters. The number of fused-ring (bicyclic) bond motifs is 1. The number of hydrogen-bond donors (Lipinski definition) is 1. The monoisotopic (exact) mass is 426 g/mol. The molecule has 0 heterocycles. The Morgan fingerprint density at radius 3 is 2.53 bits per heavy atom. The van der Waals surface area contributed by atoms with Crippen LogP contribution < -0.4 is 5.73 Å². The molecule has 4 rings (SSSR count). The van der Waals surface area contributed by atoms with Crippen molar-refractivity contribution in [3.63, 3.8) is 0 Å². The first-order chi connectivity index (χ1) is 15.5. The number of benzene rings is 3. The molecule has 0 aromatic heterocycles. The zero-order valence-corrected chi connectivity index (χ0v) is 18.6. The fourth-order valence-corrected chi connectivity index (χ4v) is 4.62. The van der Waals surface area contributed by atoms with Crippen LogP contribution in [0.15, 0.2) is 72.8 Å². The van der Waals surface area contributed by atoms with Crippen LogP contribution in [0.5, 0.6) is 0 Å². The van der Waals surface area contributed by atoms with E-state index in [2.05, 4.69) is 30.3 Å². The number of carbonyl (C=O) groups is 2. The second-order valence-corrected chi connectivity index (χ2v) is 8.65. The van der Waals surface area contributed by atoms with Gasteiger partial charge in [0.1, 0.15) is 0 Å². The van der Waals surface area contributed by atoms with Gasteiger partial charge in [-0.05, 0) is 59.1 Å². The van der Waals surface area contributed by atoms with E-state index in [1.54, 1.807) is 11.9 Å². The van der Waals surface area contributed by atoms with E-state index in [1.807, 2.05) is 42.5 Å². The second-order valence-electron chi connectivity index (χ2n) is 8.65. The van der Waals surface area contributed by atoms with Gasteiger partial charge in [0.15, 0.2) is 5.78 Å². The fourth-order valence-electron chi connectivity index (χ4n) is 4.62. The maximum Gasteiger partial charge on any atom is 0.236 e. The Hall–Kier alpha value is -3.24. The maximum absolute atomic E-state index is 13.0. The van der Waals surface area contributed by atoms with E-state index < -0.39 is 0 Å². The van der Waals surface area contributed by atoms with E-state index in [0.29, 0.717) is 18.9 Å². The van der Waals surface area contributed by atoms with Crippen molar-refractivity contribution >= 4 is 11.7 Å². The molecule has 164 valence electrons. The highest BCUT2D eigenvalue weighted by Gasteiger charge is 2.22. The predicted molar refractivity (Wildman–Crippen MR) is 128 cm³/mol. The van der Waals surface area contributed by atoms with E-state index >= 15 is 0 Å². The molecule has 0 aliphatic heterocycles. The van der Waals surface area contributed by atoms with Crippen LogP contribution >= 0.6 is 0 Å². The molecule has 4 nitrogen and oxygen atoms in total. The van der Waals surface area contributed by atoms with Crippen LogP contribution in [-0.2, 0) is 17.8 Å². The number of ketones is 1. The molecule has 4 heteroatoms. The smallest absolute Gasteiger partial charge is 0.236 e. The summed E-state index contributed by atoms with van der Waals surface area (Å²) in [6, 6.07) is 24.5. The van der Waals surface area contributed by atoms with Crippen LogP contribution in [0.25, 0.3) is 11.1 Å². The average molecular weight is 427 g/mol. The van der Waals surface area contributed by atoms with Gasteiger partial charge in [-0.2, -0.15) is 0 Å². The van der Waals surface area contributed by atoms with Gasteiger partial charge in [0.2, 0.25) is 5.91 Å². The second kappa shape index (κ2) is 9.92. The fraction of sp³-hybridized carbons (Fsp3) is 0.286. The van der Waals surface area contributed by atoms with E-state index in [-0.39, 0.29) is 18.2 Å². The molecule has 0 unspecified atom stereocenters. The van der Waals surface area contributed by atoms with Gasteiger partial charge in [0.25, 0.3) is 0 Å². The lowest BCUT2D eigenvalue weighted by atomic mass is 9.79. The number of Topliss-reactive ketones (excluding diaryl/α,β-unsaturated/α-hetero) is 1. The molecule has 0 bridgehead atoms. The molecule has 1 aliphatic carbocycles. The van der Waals surface area contributed by atoms with Crippen LogP contribution in [0.3, 0.4) is 0 Å². The number of likely N-dealkylation sites (N-methyl/N-ethyl adjacent to an activating group) is 1. The topological polar surface area (TPSA) is 63.4 Å². The van der Waals surface area contributed by atoms with Gasteiger partial charge in [0, 0.05) is 25.6 Å². The molecule has 0 radical (unpaired) electrons. The Balaban J connectivity index is 1.45. The standard InChI is InChI=1S/C28H30N2O2/c1-30(28(32)18-29)19-20-6-4-9-24(16-20)21-12-14-23(15-13-21)27(31)17-25-10-5-8-22-7-2-3-11-26(22)25/h2-4,6-7,9,11-16,25H,5,8,10,17-19,29H2,1H3/t25-/m0/s1. The molecule has 1 amide bonds. The summed E-state index contributed by atoms with van der Waals surface area (Å²) >= 11 is 0. The normalized spacial score (nSPS) is 15.1. The summed E-state index contributed by atoms with van der Waals surface area (Å²) in [5, 5.41) is 0. The van der Waals surface area contributed by atoms with Crippen molar-refractivity contribution in [1.29, 1.82) is 0 Å². The van der Waals surface area contributed by atoms with Gasteiger partial charge in [-0.3, -0.25) is 9.59 Å². The molecule has 3 aromatic carbocycles. The number of rotatable bonds is 7. The number of amides is 1. The van der Waals surface area contributed by atoms with Gasteiger partial charge in [-0.1, -0.05) is 66.7 Å². The van der Waals surface area contributed by atoms with E-state index in [0.717, 1.165) is 41.5 Å². The SMILES string of the molecule is CN(Cc1cccc(-c2ccc(C(=O)C[C@@H]3CCCc4ccccc43)cc2)c1)C(=O)CN.